The number of thioether (sulfide) groups is 1. The quantitative estimate of drug-likeness (QED) is 0.0875. The van der Waals surface area contributed by atoms with E-state index in [1.165, 1.54) is 0 Å². The lowest BCUT2D eigenvalue weighted by molar-refractivity contribution is -0.145. The molecule has 0 spiro atoms. The number of amides is 4. The number of piperidine rings is 1. The Morgan fingerprint density at radius 1 is 0.946 bits per heavy atom. The van der Waals surface area contributed by atoms with Crippen molar-refractivity contribution < 1.29 is 34.8 Å². The van der Waals surface area contributed by atoms with Gasteiger partial charge in [-0.1, -0.05) is 12.8 Å². The van der Waals surface area contributed by atoms with Crippen LogP contribution in [-0.2, 0) is 9.59 Å². The van der Waals surface area contributed by atoms with Crippen LogP contribution in [0.1, 0.15) is 51.4 Å². The van der Waals surface area contributed by atoms with Gasteiger partial charge in [-0.05, 0) is 32.2 Å². The largest absolute Gasteiger partial charge is 0.395 e. The molecule has 3 rings (SSSR count). The molecule has 0 aromatic rings. The molecule has 7 atom stereocenters. The summed E-state index contributed by atoms with van der Waals surface area (Å²) in [5.74, 6) is 0.838. The molecule has 4 amide bonds. The lowest BCUT2D eigenvalue weighted by Crippen LogP contribution is -2.62. The normalized spacial score (nSPS) is 31.5. The Bertz CT molecular complexity index is 763. The summed E-state index contributed by atoms with van der Waals surface area (Å²) < 4.78 is 0. The number of β-amino-alcohol motifs (C(OH)–C–C–N with tert-alkyl or cyclic N) is 1. The van der Waals surface area contributed by atoms with Crippen molar-refractivity contribution in [2.24, 2.45) is 0 Å². The van der Waals surface area contributed by atoms with Crippen molar-refractivity contribution in [1.82, 2.24) is 26.2 Å². The highest BCUT2D eigenvalue weighted by Gasteiger charge is 2.42. The van der Waals surface area contributed by atoms with Gasteiger partial charge >= 0.3 is 6.03 Å². The number of urea groups is 1. The zero-order chi connectivity index (χ0) is 26.8. The molecule has 3 fully saturated rings. The number of carbonyl (C=O) groups excluding carboxylic acids is 3. The van der Waals surface area contributed by atoms with Gasteiger partial charge in [-0.15, -0.1) is 0 Å². The summed E-state index contributed by atoms with van der Waals surface area (Å²) >= 11 is 1.87. The number of hydrogen-bond donors (Lipinski definition) is 8. The van der Waals surface area contributed by atoms with E-state index in [1.54, 1.807) is 4.90 Å². The van der Waals surface area contributed by atoms with Gasteiger partial charge in [0.25, 0.3) is 0 Å². The molecule has 0 bridgehead atoms. The first-order valence-electron chi connectivity index (χ1n) is 13.4. The summed E-state index contributed by atoms with van der Waals surface area (Å²) in [6.45, 7) is 1.20. The van der Waals surface area contributed by atoms with Crippen molar-refractivity contribution in [3.63, 3.8) is 0 Å². The van der Waals surface area contributed by atoms with E-state index in [0.717, 1.165) is 37.9 Å². The van der Waals surface area contributed by atoms with Crippen LogP contribution in [0.2, 0.25) is 0 Å². The molecule has 212 valence electrons. The number of carbonyl (C=O) groups is 3. The maximum absolute atomic E-state index is 12.0. The third kappa shape index (κ3) is 8.96. The second-order valence-electron chi connectivity index (χ2n) is 10.2. The highest BCUT2D eigenvalue weighted by molar-refractivity contribution is 8.00. The van der Waals surface area contributed by atoms with Crippen LogP contribution in [-0.4, -0.2) is 123 Å². The summed E-state index contributed by atoms with van der Waals surface area (Å²) in [7, 11) is 0. The van der Waals surface area contributed by atoms with Crippen molar-refractivity contribution in [2.45, 2.75) is 93.1 Å². The Labute approximate surface area is 222 Å². The van der Waals surface area contributed by atoms with Crippen molar-refractivity contribution in [3.8, 4) is 0 Å². The fraction of sp³-hybridized carbons (Fsp3) is 0.875. The smallest absolute Gasteiger partial charge is 0.315 e. The summed E-state index contributed by atoms with van der Waals surface area (Å²) in [6, 6.07) is -0.270. The second-order valence-corrected chi connectivity index (χ2v) is 11.4. The van der Waals surface area contributed by atoms with E-state index in [4.69, 9.17) is 0 Å². The predicted octanol–water partition coefficient (Wildman–Crippen LogP) is -1.74. The molecule has 0 radical (unpaired) electrons. The third-order valence-corrected chi connectivity index (χ3v) is 8.92. The molecule has 3 unspecified atom stereocenters. The number of fused-ring (bicyclic) bond motifs is 1. The molecule has 0 aromatic heterocycles. The van der Waals surface area contributed by atoms with Crippen molar-refractivity contribution in [1.29, 1.82) is 0 Å². The summed E-state index contributed by atoms with van der Waals surface area (Å²) in [4.78, 5) is 37.2. The van der Waals surface area contributed by atoms with Gasteiger partial charge in [-0.3, -0.25) is 14.5 Å². The average molecular weight is 546 g/mol. The van der Waals surface area contributed by atoms with E-state index in [9.17, 15) is 34.8 Å². The van der Waals surface area contributed by atoms with E-state index in [2.05, 4.69) is 21.3 Å². The van der Waals surface area contributed by atoms with E-state index >= 15 is 0 Å². The molecule has 3 aliphatic rings. The highest BCUT2D eigenvalue weighted by Crippen LogP contribution is 2.33. The van der Waals surface area contributed by atoms with Crippen LogP contribution in [0.3, 0.4) is 0 Å². The zero-order valence-corrected chi connectivity index (χ0v) is 22.1. The van der Waals surface area contributed by atoms with Crippen LogP contribution in [0.4, 0.5) is 4.79 Å². The van der Waals surface area contributed by atoms with Crippen LogP contribution < -0.4 is 21.3 Å². The summed E-state index contributed by atoms with van der Waals surface area (Å²) in [5, 5.41) is 51.1. The van der Waals surface area contributed by atoms with Gasteiger partial charge in [0.2, 0.25) is 11.8 Å². The van der Waals surface area contributed by atoms with Gasteiger partial charge in [0, 0.05) is 43.5 Å². The van der Waals surface area contributed by atoms with Gasteiger partial charge in [-0.25, -0.2) is 4.79 Å². The summed E-state index contributed by atoms with van der Waals surface area (Å²) in [6.07, 6.45) is 2.22. The van der Waals surface area contributed by atoms with Gasteiger partial charge in [-0.2, -0.15) is 11.8 Å². The number of nitrogens with zero attached hydrogens (tertiary/aromatic N) is 1. The van der Waals surface area contributed by atoms with E-state index in [0.29, 0.717) is 44.1 Å². The van der Waals surface area contributed by atoms with Crippen molar-refractivity contribution in [2.75, 3.05) is 38.5 Å². The van der Waals surface area contributed by atoms with Crippen LogP contribution in [0, 0.1) is 0 Å². The Morgan fingerprint density at radius 2 is 1.62 bits per heavy atom. The van der Waals surface area contributed by atoms with E-state index in [-0.39, 0.29) is 43.1 Å². The lowest BCUT2D eigenvalue weighted by atomic mass is 9.94. The third-order valence-electron chi connectivity index (χ3n) is 7.42. The monoisotopic (exact) mass is 545 g/mol. The van der Waals surface area contributed by atoms with Gasteiger partial charge < -0.3 is 41.7 Å². The second kappa shape index (κ2) is 15.1. The maximum Gasteiger partial charge on any atom is 0.315 e. The molecular formula is C24H43N5O7S. The van der Waals surface area contributed by atoms with E-state index in [1.807, 2.05) is 11.8 Å². The molecule has 12 nitrogen and oxygen atoms in total. The molecule has 37 heavy (non-hydrogen) atoms. The van der Waals surface area contributed by atoms with Crippen LogP contribution in [0.15, 0.2) is 0 Å². The number of likely N-dealkylation sites (tertiary alicyclic amines) is 1. The van der Waals surface area contributed by atoms with Gasteiger partial charge in [0.05, 0.1) is 30.8 Å². The Hall–Kier alpha value is -1.64. The molecule has 0 aliphatic carbocycles. The molecular weight excluding hydrogens is 502 g/mol. The van der Waals surface area contributed by atoms with Crippen molar-refractivity contribution >= 4 is 29.6 Å². The minimum atomic E-state index is -1.26. The van der Waals surface area contributed by atoms with Gasteiger partial charge in [0.15, 0.2) is 0 Å². The summed E-state index contributed by atoms with van der Waals surface area (Å²) in [5.41, 5.74) is 0. The molecule has 3 aliphatic heterocycles. The topological polar surface area (TPSA) is 183 Å². The molecule has 3 saturated heterocycles. The van der Waals surface area contributed by atoms with Crippen molar-refractivity contribution in [3.05, 3.63) is 0 Å². The minimum absolute atomic E-state index is 0.0244. The predicted molar refractivity (Wildman–Crippen MR) is 139 cm³/mol. The molecule has 0 aromatic carbocycles. The SMILES string of the molecule is O=C(CCCCCN1C[C@H](O)[C@@H](O)[C@H](O)[C@H]1CO)NCCNC(=O)CCCCC1SCC2NC(=O)NC21. The van der Waals surface area contributed by atoms with Gasteiger partial charge in [0.1, 0.15) is 12.2 Å². The number of rotatable bonds is 15. The van der Waals surface area contributed by atoms with E-state index < -0.39 is 24.4 Å². The Kier molecular flexibility index (Phi) is 12.2. The molecule has 0 saturated carbocycles. The molecule has 13 heteroatoms. The molecule has 8 N–H and O–H groups in total. The minimum Gasteiger partial charge on any atom is -0.395 e. The number of unbranched alkanes of at least 4 members (excludes halogenated alkanes) is 3. The fourth-order valence-electron chi connectivity index (χ4n) is 5.27. The number of aliphatic hydroxyl groups excluding tert-OH is 4. The van der Waals surface area contributed by atoms with Crippen LogP contribution >= 0.6 is 11.8 Å². The zero-order valence-electron chi connectivity index (χ0n) is 21.3. The average Bonchev–Trinajstić information content (AvgIpc) is 3.42. The first kappa shape index (κ1) is 29.9. The number of aliphatic hydroxyl groups is 4. The maximum atomic E-state index is 12.0. The molecule has 3 heterocycles. The highest BCUT2D eigenvalue weighted by atomic mass is 32.2. The first-order chi connectivity index (χ1) is 17.8. The van der Waals surface area contributed by atoms with Crippen LogP contribution in [0.25, 0.3) is 0 Å². The number of nitrogens with one attached hydrogen (secondary N) is 4. The fourth-order valence-corrected chi connectivity index (χ4v) is 6.81. The lowest BCUT2D eigenvalue weighted by Gasteiger charge is -2.43. The first-order valence-corrected chi connectivity index (χ1v) is 14.5. The number of hydrogen-bond acceptors (Lipinski definition) is 9. The Morgan fingerprint density at radius 3 is 2.30 bits per heavy atom. The standard InChI is InChI=1S/C24H43N5O7S/c30-13-16-22(34)23(35)17(31)12-29(16)11-5-1-2-7-19(32)25-9-10-26-20(33)8-4-3-6-18-21-15(14-37-18)27-24(36)28-21/h15-18,21-23,30-31,34-35H,1-14H2,(H,25,32)(H,26,33)(H2,27,28,36)/t15?,16-,17+,18?,21?,22-,23-/m1/s1. The Balaban J connectivity index is 1.14. The van der Waals surface area contributed by atoms with Crippen LogP contribution in [0.5, 0.6) is 0 Å².